The van der Waals surface area contributed by atoms with E-state index in [1.54, 1.807) is 6.07 Å². The molecule has 26 heavy (non-hydrogen) atoms. The molecule has 0 saturated carbocycles. The van der Waals surface area contributed by atoms with Crippen molar-refractivity contribution in [3.05, 3.63) is 83.4 Å². The number of fused-ring (bicyclic) bond motifs is 1. The van der Waals surface area contributed by atoms with E-state index >= 15 is 0 Å². The summed E-state index contributed by atoms with van der Waals surface area (Å²) in [5.74, 6) is 5.86. The Morgan fingerprint density at radius 3 is 2.58 bits per heavy atom. The van der Waals surface area contributed by atoms with Crippen LogP contribution >= 0.6 is 0 Å². The molecule has 0 fully saturated rings. The average molecular weight is 343 g/mol. The van der Waals surface area contributed by atoms with Crippen LogP contribution in [0.3, 0.4) is 0 Å². The van der Waals surface area contributed by atoms with E-state index in [0.29, 0.717) is 11.1 Å². The van der Waals surface area contributed by atoms with Gasteiger partial charge < -0.3 is 10.1 Å². The van der Waals surface area contributed by atoms with E-state index in [1.165, 1.54) is 0 Å². The summed E-state index contributed by atoms with van der Waals surface area (Å²) in [5, 5.41) is 4.51. The fourth-order valence-corrected chi connectivity index (χ4v) is 2.55. The molecule has 1 amide bonds. The zero-order valence-corrected chi connectivity index (χ0v) is 14.1. The lowest BCUT2D eigenvalue weighted by molar-refractivity contribution is 0.112. The quantitative estimate of drug-likeness (QED) is 0.577. The van der Waals surface area contributed by atoms with Crippen LogP contribution in [0.5, 0.6) is 0 Å². The first-order valence-corrected chi connectivity index (χ1v) is 8.18. The summed E-state index contributed by atoms with van der Waals surface area (Å²) >= 11 is 0. The molecule has 0 saturated heterocycles. The molecule has 0 aromatic heterocycles. The van der Waals surface area contributed by atoms with E-state index in [1.807, 2.05) is 60.7 Å². The topological polar surface area (TPSA) is 55.4 Å². The Kier molecular flexibility index (Phi) is 5.64. The minimum absolute atomic E-state index is 0.134. The molecule has 4 heteroatoms. The highest BCUT2D eigenvalue weighted by molar-refractivity contribution is 5.95. The van der Waals surface area contributed by atoms with Gasteiger partial charge in [-0.1, -0.05) is 72.5 Å². The van der Waals surface area contributed by atoms with Gasteiger partial charge in [0.05, 0.1) is 6.54 Å². The van der Waals surface area contributed by atoms with Crippen molar-refractivity contribution in [1.29, 1.82) is 0 Å². The maximum Gasteiger partial charge on any atom is 0.408 e. The fourth-order valence-electron chi connectivity index (χ4n) is 2.55. The molecular weight excluding hydrogens is 326 g/mol. The molecule has 0 aliphatic carbocycles. The van der Waals surface area contributed by atoms with Crippen molar-refractivity contribution >= 4 is 23.2 Å². The molecular formula is C22H17NO3. The van der Waals surface area contributed by atoms with E-state index in [4.69, 9.17) is 4.74 Å². The number of carbonyl (C=O) groups is 2. The number of hydrogen-bond acceptors (Lipinski definition) is 3. The summed E-state index contributed by atoms with van der Waals surface area (Å²) in [6.45, 7) is 0.341. The second-order valence-corrected chi connectivity index (χ2v) is 5.59. The van der Waals surface area contributed by atoms with Gasteiger partial charge >= 0.3 is 6.09 Å². The highest BCUT2D eigenvalue weighted by Gasteiger charge is 2.04. The molecule has 0 radical (unpaired) electrons. The molecule has 0 unspecified atom stereocenters. The number of benzene rings is 3. The third-order valence-electron chi connectivity index (χ3n) is 3.84. The van der Waals surface area contributed by atoms with Crippen LogP contribution in [0.1, 0.15) is 21.5 Å². The summed E-state index contributed by atoms with van der Waals surface area (Å²) in [5.41, 5.74) is 2.11. The molecule has 0 spiro atoms. The Balaban J connectivity index is 1.62. The standard InChI is InChI=1S/C22H17NO3/c24-15-19-13-12-18-9-4-5-10-20(18)21(19)11-6-14-23-22(25)26-16-17-7-2-1-3-8-17/h1-5,7-10,12-13,15H,14,16H2,(H,23,25). The minimum atomic E-state index is -0.531. The Bertz CT molecular complexity index is 984. The van der Waals surface area contributed by atoms with Gasteiger partial charge in [-0.3, -0.25) is 4.79 Å². The van der Waals surface area contributed by atoms with Gasteiger partial charge in [-0.2, -0.15) is 0 Å². The number of nitrogens with one attached hydrogen (secondary N) is 1. The smallest absolute Gasteiger partial charge is 0.408 e. The fraction of sp³-hybridized carbons (Fsp3) is 0.0909. The van der Waals surface area contributed by atoms with Crippen molar-refractivity contribution in [2.45, 2.75) is 6.61 Å². The highest BCUT2D eigenvalue weighted by atomic mass is 16.5. The maximum absolute atomic E-state index is 11.7. The monoisotopic (exact) mass is 343 g/mol. The van der Waals surface area contributed by atoms with Crippen molar-refractivity contribution in [1.82, 2.24) is 5.32 Å². The summed E-state index contributed by atoms with van der Waals surface area (Å²) < 4.78 is 5.12. The second-order valence-electron chi connectivity index (χ2n) is 5.59. The van der Waals surface area contributed by atoms with E-state index in [0.717, 1.165) is 22.6 Å². The number of carbonyl (C=O) groups excluding carboxylic acids is 2. The summed E-state index contributed by atoms with van der Waals surface area (Å²) in [7, 11) is 0. The van der Waals surface area contributed by atoms with Crippen molar-refractivity contribution in [2.75, 3.05) is 6.54 Å². The molecule has 4 nitrogen and oxygen atoms in total. The summed E-state index contributed by atoms with van der Waals surface area (Å²) in [4.78, 5) is 23.0. The molecule has 3 aromatic carbocycles. The predicted octanol–water partition coefficient (Wildman–Crippen LogP) is 3.93. The number of amides is 1. The van der Waals surface area contributed by atoms with Crippen LogP contribution in [0.2, 0.25) is 0 Å². The van der Waals surface area contributed by atoms with Crippen LogP contribution in [0, 0.1) is 11.8 Å². The predicted molar refractivity (Wildman–Crippen MR) is 101 cm³/mol. The van der Waals surface area contributed by atoms with E-state index in [-0.39, 0.29) is 13.2 Å². The van der Waals surface area contributed by atoms with Gasteiger partial charge in [0.15, 0.2) is 6.29 Å². The first-order chi connectivity index (χ1) is 12.8. The molecule has 0 heterocycles. The number of aldehydes is 1. The molecule has 3 rings (SSSR count). The molecule has 128 valence electrons. The lowest BCUT2D eigenvalue weighted by Crippen LogP contribution is -2.24. The van der Waals surface area contributed by atoms with Crippen molar-refractivity contribution in [2.24, 2.45) is 0 Å². The second kappa shape index (κ2) is 8.50. The Morgan fingerprint density at radius 2 is 1.77 bits per heavy atom. The van der Waals surface area contributed by atoms with Crippen LogP contribution in [0.25, 0.3) is 10.8 Å². The largest absolute Gasteiger partial charge is 0.445 e. The third-order valence-corrected chi connectivity index (χ3v) is 3.84. The summed E-state index contributed by atoms with van der Waals surface area (Å²) in [6, 6.07) is 20.8. The molecule has 1 N–H and O–H groups in total. The van der Waals surface area contributed by atoms with E-state index in [2.05, 4.69) is 17.2 Å². The van der Waals surface area contributed by atoms with Crippen LogP contribution in [0.4, 0.5) is 4.79 Å². The molecule has 0 aliphatic heterocycles. The molecule has 0 aliphatic rings. The Hall–Kier alpha value is -3.58. The van der Waals surface area contributed by atoms with Gasteiger partial charge in [0.2, 0.25) is 0 Å². The van der Waals surface area contributed by atoms with Crippen LogP contribution < -0.4 is 5.32 Å². The highest BCUT2D eigenvalue weighted by Crippen LogP contribution is 2.20. The van der Waals surface area contributed by atoms with Gasteiger partial charge in [-0.25, -0.2) is 4.79 Å². The van der Waals surface area contributed by atoms with Crippen molar-refractivity contribution in [3.8, 4) is 11.8 Å². The van der Waals surface area contributed by atoms with Gasteiger partial charge in [-0.15, -0.1) is 0 Å². The Morgan fingerprint density at radius 1 is 1.00 bits per heavy atom. The lowest BCUT2D eigenvalue weighted by Gasteiger charge is -2.05. The van der Waals surface area contributed by atoms with Crippen molar-refractivity contribution < 1.29 is 14.3 Å². The maximum atomic E-state index is 11.7. The number of alkyl carbamates (subject to hydrolysis) is 1. The molecule has 0 bridgehead atoms. The number of hydrogen-bond donors (Lipinski definition) is 1. The SMILES string of the molecule is O=Cc1ccc2ccccc2c1C#CCNC(=O)OCc1ccccc1. The van der Waals surface area contributed by atoms with E-state index < -0.39 is 6.09 Å². The first kappa shape index (κ1) is 17.2. The summed E-state index contributed by atoms with van der Waals surface area (Å²) in [6.07, 6.45) is 0.259. The normalized spacial score (nSPS) is 9.85. The molecule has 3 aromatic rings. The van der Waals surface area contributed by atoms with Gasteiger partial charge in [0.1, 0.15) is 6.61 Å². The lowest BCUT2D eigenvalue weighted by atomic mass is 10.00. The number of ether oxygens (including phenoxy) is 1. The first-order valence-electron chi connectivity index (χ1n) is 8.18. The molecule has 0 atom stereocenters. The van der Waals surface area contributed by atoms with Crippen LogP contribution in [0.15, 0.2) is 66.7 Å². The van der Waals surface area contributed by atoms with Crippen molar-refractivity contribution in [3.63, 3.8) is 0 Å². The third kappa shape index (κ3) is 4.28. The average Bonchev–Trinajstić information content (AvgIpc) is 2.70. The Labute approximate surface area is 151 Å². The van der Waals surface area contributed by atoms with Crippen LogP contribution in [-0.4, -0.2) is 18.9 Å². The van der Waals surface area contributed by atoms with Gasteiger partial charge in [0, 0.05) is 11.1 Å². The zero-order chi connectivity index (χ0) is 18.2. The van der Waals surface area contributed by atoms with Gasteiger partial charge in [-0.05, 0) is 22.4 Å². The van der Waals surface area contributed by atoms with E-state index in [9.17, 15) is 9.59 Å². The minimum Gasteiger partial charge on any atom is -0.445 e. The number of rotatable bonds is 4. The van der Waals surface area contributed by atoms with Gasteiger partial charge in [0.25, 0.3) is 0 Å². The van der Waals surface area contributed by atoms with Crippen LogP contribution in [-0.2, 0) is 11.3 Å². The zero-order valence-electron chi connectivity index (χ0n) is 14.1.